The summed E-state index contributed by atoms with van der Waals surface area (Å²) in [7, 11) is 1.57. The summed E-state index contributed by atoms with van der Waals surface area (Å²) in [6, 6.07) is 22.4. The van der Waals surface area contributed by atoms with Gasteiger partial charge in [-0.3, -0.25) is 9.59 Å². The van der Waals surface area contributed by atoms with Crippen LogP contribution < -0.4 is 19.7 Å². The van der Waals surface area contributed by atoms with Crippen molar-refractivity contribution in [2.75, 3.05) is 23.9 Å². The number of ether oxygens (including phenoxy) is 2. The van der Waals surface area contributed by atoms with E-state index >= 15 is 0 Å². The molecule has 0 aliphatic carbocycles. The SMILES string of the molecule is CCOc1ccc(C2=C(Nc3ccc(OC)cc3)C(=O)N(c3ccc(C#N)cc3)C2=O)cc1. The van der Waals surface area contributed by atoms with Gasteiger partial charge in [0.15, 0.2) is 0 Å². The Hall–Kier alpha value is -4.57. The van der Waals surface area contributed by atoms with Gasteiger partial charge in [0, 0.05) is 5.69 Å². The number of carbonyl (C=O) groups excluding carboxylic acids is 2. The van der Waals surface area contributed by atoms with Crippen molar-refractivity contribution in [3.63, 3.8) is 0 Å². The first-order chi connectivity index (χ1) is 16.0. The lowest BCUT2D eigenvalue weighted by atomic mass is 10.0. The van der Waals surface area contributed by atoms with Gasteiger partial charge in [-0.1, -0.05) is 12.1 Å². The van der Waals surface area contributed by atoms with Crippen LogP contribution in [0.1, 0.15) is 18.1 Å². The van der Waals surface area contributed by atoms with Crippen molar-refractivity contribution in [1.29, 1.82) is 5.26 Å². The highest BCUT2D eigenvalue weighted by molar-refractivity contribution is 6.46. The molecule has 1 aliphatic rings. The lowest BCUT2D eigenvalue weighted by Gasteiger charge is -2.15. The zero-order valence-electron chi connectivity index (χ0n) is 18.2. The highest BCUT2D eigenvalue weighted by atomic mass is 16.5. The van der Waals surface area contributed by atoms with Gasteiger partial charge in [0.2, 0.25) is 0 Å². The first-order valence-corrected chi connectivity index (χ1v) is 10.3. The summed E-state index contributed by atoms with van der Waals surface area (Å²) in [5.41, 5.74) is 2.47. The Morgan fingerprint density at radius 2 is 1.52 bits per heavy atom. The van der Waals surface area contributed by atoms with E-state index in [0.29, 0.717) is 40.6 Å². The smallest absolute Gasteiger partial charge is 0.282 e. The number of carbonyl (C=O) groups is 2. The third kappa shape index (κ3) is 4.27. The van der Waals surface area contributed by atoms with Crippen LogP contribution in [0.15, 0.2) is 78.5 Å². The molecular weight excluding hydrogens is 418 g/mol. The Balaban J connectivity index is 1.76. The van der Waals surface area contributed by atoms with Crippen molar-refractivity contribution < 1.29 is 19.1 Å². The molecule has 1 heterocycles. The van der Waals surface area contributed by atoms with Gasteiger partial charge in [0.25, 0.3) is 11.8 Å². The molecule has 0 atom stereocenters. The zero-order chi connectivity index (χ0) is 23.4. The molecule has 0 aromatic heterocycles. The first-order valence-electron chi connectivity index (χ1n) is 10.3. The quantitative estimate of drug-likeness (QED) is 0.550. The zero-order valence-corrected chi connectivity index (χ0v) is 18.2. The van der Waals surface area contributed by atoms with Crippen molar-refractivity contribution in [2.45, 2.75) is 6.92 Å². The van der Waals surface area contributed by atoms with E-state index in [4.69, 9.17) is 14.7 Å². The fraction of sp³-hybridized carbons (Fsp3) is 0.115. The summed E-state index contributed by atoms with van der Waals surface area (Å²) in [5, 5.41) is 12.2. The number of amides is 2. The molecule has 7 heteroatoms. The second-order valence-electron chi connectivity index (χ2n) is 7.17. The van der Waals surface area contributed by atoms with Crippen LogP contribution in [0.3, 0.4) is 0 Å². The minimum atomic E-state index is -0.482. The summed E-state index contributed by atoms with van der Waals surface area (Å²) in [6.45, 7) is 2.41. The molecule has 3 aromatic carbocycles. The van der Waals surface area contributed by atoms with Crippen molar-refractivity contribution in [3.8, 4) is 17.6 Å². The van der Waals surface area contributed by atoms with Crippen LogP contribution in [0.4, 0.5) is 11.4 Å². The van der Waals surface area contributed by atoms with Gasteiger partial charge in [-0.05, 0) is 73.2 Å². The van der Waals surface area contributed by atoms with Crippen molar-refractivity contribution in [3.05, 3.63) is 89.6 Å². The second-order valence-corrected chi connectivity index (χ2v) is 7.17. The average molecular weight is 439 g/mol. The minimum Gasteiger partial charge on any atom is -0.497 e. The van der Waals surface area contributed by atoms with E-state index < -0.39 is 11.8 Å². The average Bonchev–Trinajstić information content (AvgIpc) is 3.09. The van der Waals surface area contributed by atoms with E-state index in [1.54, 1.807) is 79.9 Å². The molecule has 164 valence electrons. The molecule has 4 rings (SSSR count). The van der Waals surface area contributed by atoms with Gasteiger partial charge in [-0.15, -0.1) is 0 Å². The van der Waals surface area contributed by atoms with Crippen LogP contribution >= 0.6 is 0 Å². The molecule has 1 aliphatic heterocycles. The maximum atomic E-state index is 13.5. The maximum Gasteiger partial charge on any atom is 0.282 e. The number of benzene rings is 3. The molecule has 1 N–H and O–H groups in total. The monoisotopic (exact) mass is 439 g/mol. The predicted octanol–water partition coefficient (Wildman–Crippen LogP) is 4.36. The van der Waals surface area contributed by atoms with E-state index in [9.17, 15) is 9.59 Å². The molecule has 0 saturated heterocycles. The van der Waals surface area contributed by atoms with Gasteiger partial charge in [-0.2, -0.15) is 5.26 Å². The Morgan fingerprint density at radius 1 is 0.879 bits per heavy atom. The summed E-state index contributed by atoms with van der Waals surface area (Å²) in [4.78, 5) is 28.0. The summed E-state index contributed by atoms with van der Waals surface area (Å²) >= 11 is 0. The summed E-state index contributed by atoms with van der Waals surface area (Å²) < 4.78 is 10.7. The summed E-state index contributed by atoms with van der Waals surface area (Å²) in [5.74, 6) is 0.413. The molecule has 0 unspecified atom stereocenters. The van der Waals surface area contributed by atoms with E-state index in [2.05, 4.69) is 5.32 Å². The van der Waals surface area contributed by atoms with Crippen LogP contribution in [-0.2, 0) is 9.59 Å². The number of nitriles is 1. The second kappa shape index (κ2) is 9.28. The molecule has 0 spiro atoms. The predicted molar refractivity (Wildman–Crippen MR) is 125 cm³/mol. The fourth-order valence-corrected chi connectivity index (χ4v) is 3.54. The van der Waals surface area contributed by atoms with E-state index in [0.717, 1.165) is 4.90 Å². The largest absolute Gasteiger partial charge is 0.497 e. The number of nitrogens with one attached hydrogen (secondary N) is 1. The molecule has 0 radical (unpaired) electrons. The Morgan fingerprint density at radius 3 is 2.09 bits per heavy atom. The topological polar surface area (TPSA) is 91.7 Å². The van der Waals surface area contributed by atoms with Gasteiger partial charge >= 0.3 is 0 Å². The number of rotatable bonds is 7. The van der Waals surface area contributed by atoms with E-state index in [-0.39, 0.29) is 11.3 Å². The Labute approximate surface area is 191 Å². The lowest BCUT2D eigenvalue weighted by molar-refractivity contribution is -0.120. The summed E-state index contributed by atoms with van der Waals surface area (Å²) in [6.07, 6.45) is 0. The maximum absolute atomic E-state index is 13.5. The van der Waals surface area contributed by atoms with Crippen LogP contribution in [-0.4, -0.2) is 25.5 Å². The molecule has 33 heavy (non-hydrogen) atoms. The van der Waals surface area contributed by atoms with E-state index in [1.165, 1.54) is 0 Å². The van der Waals surface area contributed by atoms with Crippen LogP contribution in [0.5, 0.6) is 11.5 Å². The van der Waals surface area contributed by atoms with Crippen molar-refractivity contribution in [1.82, 2.24) is 0 Å². The van der Waals surface area contributed by atoms with Crippen LogP contribution in [0.25, 0.3) is 5.57 Å². The number of hydrogen-bond acceptors (Lipinski definition) is 6. The van der Waals surface area contributed by atoms with Gasteiger partial charge in [-0.25, -0.2) is 4.90 Å². The molecule has 0 saturated carbocycles. The number of imide groups is 1. The van der Waals surface area contributed by atoms with Gasteiger partial charge < -0.3 is 14.8 Å². The van der Waals surface area contributed by atoms with Crippen LogP contribution in [0, 0.1) is 11.3 Å². The third-order valence-corrected chi connectivity index (χ3v) is 5.15. The van der Waals surface area contributed by atoms with Crippen molar-refractivity contribution in [2.24, 2.45) is 0 Å². The van der Waals surface area contributed by atoms with Crippen LogP contribution in [0.2, 0.25) is 0 Å². The number of hydrogen-bond donors (Lipinski definition) is 1. The van der Waals surface area contributed by atoms with Gasteiger partial charge in [0.05, 0.1) is 36.6 Å². The minimum absolute atomic E-state index is 0.165. The van der Waals surface area contributed by atoms with E-state index in [1.807, 2.05) is 13.0 Å². The molecule has 7 nitrogen and oxygen atoms in total. The highest BCUT2D eigenvalue weighted by Crippen LogP contribution is 2.34. The van der Waals surface area contributed by atoms with Crippen molar-refractivity contribution >= 4 is 28.8 Å². The standard InChI is InChI=1S/C26H21N3O4/c1-3-33-22-12-6-18(7-13-22)23-24(28-19-8-14-21(32-2)15-9-19)26(31)29(25(23)30)20-10-4-17(16-27)5-11-20/h4-15,28H,3H2,1-2H3. The molecule has 0 bridgehead atoms. The molecule has 0 fully saturated rings. The number of methoxy groups -OCH3 is 1. The third-order valence-electron chi connectivity index (χ3n) is 5.15. The molecule has 3 aromatic rings. The molecule has 2 amide bonds. The lowest BCUT2D eigenvalue weighted by Crippen LogP contribution is -2.32. The highest BCUT2D eigenvalue weighted by Gasteiger charge is 2.40. The van der Waals surface area contributed by atoms with Gasteiger partial charge in [0.1, 0.15) is 17.2 Å². The number of anilines is 2. The number of nitrogens with zero attached hydrogens (tertiary/aromatic N) is 2. The fourth-order valence-electron chi connectivity index (χ4n) is 3.54. The Kier molecular flexibility index (Phi) is 6.09. The Bertz CT molecular complexity index is 1250. The first kappa shape index (κ1) is 21.7. The normalized spacial score (nSPS) is 13.2. The molecular formula is C26H21N3O4.